The molecule has 2 saturated carbocycles. The molecule has 2 heterocycles. The highest BCUT2D eigenvalue weighted by Gasteiger charge is 2.50. The molecule has 0 aromatic heterocycles. The lowest BCUT2D eigenvalue weighted by molar-refractivity contribution is -0.157. The maximum Gasteiger partial charge on any atom is 0.500 e. The van der Waals surface area contributed by atoms with Gasteiger partial charge in [0.2, 0.25) is 0 Å². The van der Waals surface area contributed by atoms with Gasteiger partial charge in [0.15, 0.2) is 0 Å². The Balaban J connectivity index is 1.12. The number of fused-ring (bicyclic) bond motifs is 2. The van der Waals surface area contributed by atoms with Crippen molar-refractivity contribution < 1.29 is 83.7 Å². The summed E-state index contributed by atoms with van der Waals surface area (Å²) in [6, 6.07) is 35.5. The van der Waals surface area contributed by atoms with Crippen LogP contribution < -0.4 is 18.9 Å². The molecule has 0 bridgehead atoms. The van der Waals surface area contributed by atoms with E-state index in [-0.39, 0.29) is 114 Å². The standard InChI is InChI=1S/C96H118N2O18Si2/c1-55(2)45-73(91(103)115-67-27-23-25-57(47-67)53-117(105-17,106-18)107-19)97-87(99)69-49-75(111-63-37-29-59(30-38-63)93(5,6)7)81-83-77(113-65-41-33-61(34-42-65)95(11,12)13)51-71-80-72(90(102)98(89(71)101)74(46-56(3)4)92(104)116-68-28-24-26-58(48-68)54-118(108-20,109-21)110-22)52-78(114-66-43-35-62(36-44-66)96(14,15)16)84(86(80)83)82-76(50-70(88(97)100)79(69)85(81)82)112-64-39-31-60(32-40-64)94(8,9)10/h29-44,49-52,55-58,67-68,73-74H,23-28,45-48,53-54H2,1-22H3. The van der Waals surface area contributed by atoms with E-state index < -0.39 is 77.5 Å². The lowest BCUT2D eigenvalue weighted by Crippen LogP contribution is -2.52. The molecule has 6 atom stereocenters. The maximum absolute atomic E-state index is 16.8. The first kappa shape index (κ1) is 86.7. The molecule has 4 aliphatic rings. The fourth-order valence-corrected chi connectivity index (χ4v) is 22.0. The number of carbonyl (C=O) groups excluding carboxylic acids is 6. The van der Waals surface area contributed by atoms with Gasteiger partial charge in [0.25, 0.3) is 23.6 Å². The minimum Gasteiger partial charge on any atom is -0.461 e. The SMILES string of the molecule is CO[Si](CC1CCCC(OC(=O)C(CC(C)C)N2C(=O)c3cc(Oc4ccc(C(C)(C)C)cc4)c4c5c(Oc6ccc(C(C)(C)C)cc6)cc6c7c(cc(Oc8ccc(C(C)(C)C)cc8)c(c8c(Oc9ccc(C(C)(C)C)cc9)cc(c3c48)C2=O)c75)C(=O)N(C(CC(C)C)C(=O)OC2CCCC(C[Si](OC)(OC)OC)C2)C6=O)C1)(OC)OC. The number of rotatable bonds is 28. The van der Waals surface area contributed by atoms with Gasteiger partial charge in [-0.15, -0.1) is 0 Å². The van der Waals surface area contributed by atoms with Gasteiger partial charge in [-0.3, -0.25) is 29.0 Å². The van der Waals surface area contributed by atoms with Crippen molar-refractivity contribution in [3.63, 3.8) is 0 Å². The van der Waals surface area contributed by atoms with Gasteiger partial charge in [0.05, 0.1) is 22.3 Å². The first-order valence-corrected chi connectivity index (χ1v) is 45.6. The van der Waals surface area contributed by atoms with Gasteiger partial charge in [-0.2, -0.15) is 0 Å². The average Bonchev–Trinajstić information content (AvgIpc) is 0.670. The molecule has 0 saturated heterocycles. The largest absolute Gasteiger partial charge is 0.500 e. The van der Waals surface area contributed by atoms with E-state index in [0.29, 0.717) is 93.1 Å². The Morgan fingerprint density at radius 3 is 0.805 bits per heavy atom. The van der Waals surface area contributed by atoms with E-state index in [0.717, 1.165) is 57.7 Å². The van der Waals surface area contributed by atoms with Crippen LogP contribution in [0.2, 0.25) is 12.1 Å². The number of imide groups is 2. The molecule has 628 valence electrons. The van der Waals surface area contributed by atoms with Crippen molar-refractivity contribution in [1.82, 2.24) is 9.80 Å². The number of hydrogen-bond donors (Lipinski definition) is 0. The fraction of sp³-hybridized carbons (Fsp3) is 0.479. The zero-order chi connectivity index (χ0) is 85.2. The van der Waals surface area contributed by atoms with Crippen molar-refractivity contribution >= 4 is 96.3 Å². The molecule has 118 heavy (non-hydrogen) atoms. The maximum atomic E-state index is 16.8. The molecule has 20 nitrogen and oxygen atoms in total. The normalized spacial score (nSPS) is 18.3. The number of benzene rings is 9. The number of hydrogen-bond acceptors (Lipinski definition) is 18. The minimum atomic E-state index is -3.06. The van der Waals surface area contributed by atoms with Crippen LogP contribution >= 0.6 is 0 Å². The van der Waals surface area contributed by atoms with Crippen LogP contribution in [0, 0.1) is 23.7 Å². The number of ether oxygens (including phenoxy) is 6. The topological polar surface area (TPSA) is 220 Å². The Morgan fingerprint density at radius 2 is 0.593 bits per heavy atom. The first-order valence-electron chi connectivity index (χ1n) is 41.7. The fourth-order valence-electron chi connectivity index (χ4n) is 17.8. The van der Waals surface area contributed by atoms with Crippen molar-refractivity contribution in [3.8, 4) is 46.0 Å². The highest BCUT2D eigenvalue weighted by Crippen LogP contribution is 2.59. The van der Waals surface area contributed by atoms with E-state index in [1.807, 2.05) is 125 Å². The minimum absolute atomic E-state index is 0.0206. The van der Waals surface area contributed by atoms with Crippen molar-refractivity contribution in [2.75, 3.05) is 42.7 Å². The van der Waals surface area contributed by atoms with Gasteiger partial charge >= 0.3 is 29.5 Å². The molecule has 0 N–H and O–H groups in total. The van der Waals surface area contributed by atoms with E-state index in [4.69, 9.17) is 55.0 Å². The smallest absolute Gasteiger partial charge is 0.461 e. The monoisotopic (exact) mass is 1640 g/mol. The Morgan fingerprint density at radius 1 is 0.356 bits per heavy atom. The predicted octanol–water partition coefficient (Wildman–Crippen LogP) is 22.1. The first-order chi connectivity index (χ1) is 55.7. The summed E-state index contributed by atoms with van der Waals surface area (Å²) in [5.74, 6) is -3.13. The second kappa shape index (κ2) is 33.8. The summed E-state index contributed by atoms with van der Waals surface area (Å²) >= 11 is 0. The Bertz CT molecular complexity index is 4670. The van der Waals surface area contributed by atoms with E-state index >= 15 is 28.8 Å². The molecular formula is C96H118N2O18Si2. The van der Waals surface area contributed by atoms with Gasteiger partial charge in [-0.1, -0.05) is 172 Å². The zero-order valence-electron chi connectivity index (χ0n) is 72.9. The zero-order valence-corrected chi connectivity index (χ0v) is 74.9. The summed E-state index contributed by atoms with van der Waals surface area (Å²) in [5.41, 5.74) is 3.06. The lowest BCUT2D eigenvalue weighted by atomic mass is 9.80. The van der Waals surface area contributed by atoms with E-state index in [9.17, 15) is 0 Å². The number of carbonyl (C=O) groups is 6. The molecule has 9 aromatic carbocycles. The third-order valence-corrected chi connectivity index (χ3v) is 30.2. The lowest BCUT2D eigenvalue weighted by Gasteiger charge is -2.37. The van der Waals surface area contributed by atoms with Gasteiger partial charge in [-0.05, 0) is 192 Å². The van der Waals surface area contributed by atoms with Crippen LogP contribution in [0.1, 0.15) is 239 Å². The summed E-state index contributed by atoms with van der Waals surface area (Å²) in [5, 5.41) is 2.22. The molecule has 9 aromatic rings. The molecule has 2 aliphatic heterocycles. The van der Waals surface area contributed by atoms with Gasteiger partial charge in [0, 0.05) is 97.8 Å². The molecule has 4 amide bonds. The second-order valence-corrected chi connectivity index (χ2v) is 43.6. The van der Waals surface area contributed by atoms with Crippen LogP contribution in [-0.4, -0.2) is 130 Å². The molecule has 0 spiro atoms. The molecule has 22 heteroatoms. The van der Waals surface area contributed by atoms with Crippen molar-refractivity contribution in [2.24, 2.45) is 23.7 Å². The molecule has 13 rings (SSSR count). The summed E-state index contributed by atoms with van der Waals surface area (Å²) in [7, 11) is 3.37. The van der Waals surface area contributed by atoms with Crippen LogP contribution in [0.3, 0.4) is 0 Å². The van der Waals surface area contributed by atoms with Gasteiger partial charge in [0.1, 0.15) is 70.3 Å². The Hall–Kier alpha value is -9.11. The average molecular weight is 1640 g/mol. The highest BCUT2D eigenvalue weighted by molar-refractivity contribution is 6.61. The third kappa shape index (κ3) is 17.3. The van der Waals surface area contributed by atoms with E-state index in [1.54, 1.807) is 66.9 Å². The van der Waals surface area contributed by atoms with Crippen molar-refractivity contribution in [3.05, 3.63) is 166 Å². The number of esters is 2. The quantitative estimate of drug-likeness (QED) is 0.0146. The summed E-state index contributed by atoms with van der Waals surface area (Å²) in [6.07, 6.45) is 4.16. The second-order valence-electron chi connectivity index (χ2n) is 37.6. The highest BCUT2D eigenvalue weighted by atomic mass is 28.4. The van der Waals surface area contributed by atoms with Crippen LogP contribution in [0.15, 0.2) is 121 Å². The summed E-state index contributed by atoms with van der Waals surface area (Å²) in [6.45, 7) is 33.2. The third-order valence-electron chi connectivity index (χ3n) is 24.3. The Kier molecular flexibility index (Phi) is 24.9. The van der Waals surface area contributed by atoms with Crippen molar-refractivity contribution in [1.29, 1.82) is 0 Å². The molecule has 2 aliphatic carbocycles. The van der Waals surface area contributed by atoms with Crippen LogP contribution in [0.5, 0.6) is 46.0 Å². The number of nitrogens with zero attached hydrogens (tertiary/aromatic N) is 2. The van der Waals surface area contributed by atoms with Crippen LogP contribution in [0.4, 0.5) is 0 Å². The molecule has 2 fully saturated rings. The summed E-state index contributed by atoms with van der Waals surface area (Å²) in [4.78, 5) is 100. The molecule has 0 radical (unpaired) electrons. The van der Waals surface area contributed by atoms with Crippen LogP contribution in [0.25, 0.3) is 43.1 Å². The van der Waals surface area contributed by atoms with Gasteiger partial charge in [-0.25, -0.2) is 9.59 Å². The molecular weight excluding hydrogens is 1530 g/mol. The summed E-state index contributed by atoms with van der Waals surface area (Å²) < 4.78 is 78.2. The molecule has 6 unspecified atom stereocenters. The van der Waals surface area contributed by atoms with Crippen molar-refractivity contribution in [2.45, 2.75) is 233 Å². The van der Waals surface area contributed by atoms with Crippen LogP contribution in [-0.2, 0) is 67.3 Å². The predicted molar refractivity (Wildman–Crippen MR) is 463 cm³/mol. The van der Waals surface area contributed by atoms with E-state index in [2.05, 4.69) is 83.1 Å². The number of amides is 4. The van der Waals surface area contributed by atoms with E-state index in [1.165, 1.54) is 0 Å². The van der Waals surface area contributed by atoms with Gasteiger partial charge < -0.3 is 55.0 Å². The Labute approximate surface area is 697 Å².